The van der Waals surface area contributed by atoms with Gasteiger partial charge in [0.2, 0.25) is 0 Å². The van der Waals surface area contributed by atoms with Crippen LogP contribution in [-0.4, -0.2) is 23.6 Å². The van der Waals surface area contributed by atoms with Crippen LogP contribution >= 0.6 is 11.3 Å². The van der Waals surface area contributed by atoms with E-state index in [1.54, 1.807) is 5.38 Å². The molecule has 0 saturated heterocycles. The number of nitrogens with one attached hydrogen (secondary N) is 1. The molecule has 0 amide bonds. The third-order valence-corrected chi connectivity index (χ3v) is 4.02. The van der Waals surface area contributed by atoms with Gasteiger partial charge >= 0.3 is 5.97 Å². The second-order valence-electron chi connectivity index (χ2n) is 4.14. The molecule has 1 aromatic heterocycles. The molecule has 1 aromatic rings. The molecular weight excluding hydrogens is 224 g/mol. The van der Waals surface area contributed by atoms with Crippen LogP contribution in [-0.2, 0) is 4.74 Å². The maximum atomic E-state index is 11.2. The van der Waals surface area contributed by atoms with E-state index in [9.17, 15) is 4.79 Å². The Morgan fingerprint density at radius 1 is 1.69 bits per heavy atom. The van der Waals surface area contributed by atoms with Gasteiger partial charge in [0.1, 0.15) is 0 Å². The third kappa shape index (κ3) is 2.04. The summed E-state index contributed by atoms with van der Waals surface area (Å²) in [7, 11) is 1.37. The summed E-state index contributed by atoms with van der Waals surface area (Å²) in [5.74, 6) is -0.372. The van der Waals surface area contributed by atoms with Gasteiger partial charge in [0.25, 0.3) is 0 Å². The lowest BCUT2D eigenvalue weighted by molar-refractivity contribution is 0.0595. The van der Waals surface area contributed by atoms with Gasteiger partial charge in [-0.1, -0.05) is 6.92 Å². The van der Waals surface area contributed by atoms with E-state index in [-0.39, 0.29) is 11.5 Å². The zero-order chi connectivity index (χ0) is 11.6. The fourth-order valence-corrected chi connectivity index (χ4v) is 2.73. The standard InChI is InChI=1S/C11H16N2O2S/c1-3-11(5-4-6-11)13-10-12-8(7-16-10)9(14)15-2/h7H,3-6H2,1-2H3,(H,12,13). The van der Waals surface area contributed by atoms with Crippen molar-refractivity contribution in [3.63, 3.8) is 0 Å². The summed E-state index contributed by atoms with van der Waals surface area (Å²) in [5, 5.41) is 5.99. The molecule has 1 aliphatic carbocycles. The van der Waals surface area contributed by atoms with Crippen LogP contribution in [0.3, 0.4) is 0 Å². The van der Waals surface area contributed by atoms with Crippen molar-refractivity contribution in [3.8, 4) is 0 Å². The van der Waals surface area contributed by atoms with E-state index in [4.69, 9.17) is 0 Å². The molecular formula is C11H16N2O2S. The van der Waals surface area contributed by atoms with Gasteiger partial charge < -0.3 is 10.1 Å². The minimum atomic E-state index is -0.372. The van der Waals surface area contributed by atoms with Crippen molar-refractivity contribution in [2.24, 2.45) is 0 Å². The molecule has 4 nitrogen and oxygen atoms in total. The maximum absolute atomic E-state index is 11.2. The van der Waals surface area contributed by atoms with Gasteiger partial charge in [0, 0.05) is 10.9 Å². The molecule has 16 heavy (non-hydrogen) atoms. The number of ether oxygens (including phenoxy) is 1. The topological polar surface area (TPSA) is 51.2 Å². The SMILES string of the molecule is CCC1(Nc2nc(C(=O)OC)cs2)CCC1. The second-order valence-corrected chi connectivity index (χ2v) is 5.00. The number of esters is 1. The van der Waals surface area contributed by atoms with Crippen molar-refractivity contribution >= 4 is 22.4 Å². The fraction of sp³-hybridized carbons (Fsp3) is 0.636. The van der Waals surface area contributed by atoms with E-state index in [0.717, 1.165) is 11.6 Å². The Morgan fingerprint density at radius 2 is 2.44 bits per heavy atom. The van der Waals surface area contributed by atoms with Crippen molar-refractivity contribution in [2.45, 2.75) is 38.1 Å². The molecule has 88 valence electrons. The Morgan fingerprint density at radius 3 is 2.94 bits per heavy atom. The number of carbonyl (C=O) groups excluding carboxylic acids is 1. The van der Waals surface area contributed by atoms with Crippen molar-refractivity contribution in [1.29, 1.82) is 0 Å². The Bertz CT molecular complexity index is 380. The molecule has 0 aromatic carbocycles. The molecule has 0 spiro atoms. The van der Waals surface area contributed by atoms with E-state index in [1.807, 2.05) is 0 Å². The van der Waals surface area contributed by atoms with Crippen LogP contribution in [0.2, 0.25) is 0 Å². The normalized spacial score (nSPS) is 17.6. The van der Waals surface area contributed by atoms with Gasteiger partial charge in [-0.05, 0) is 25.7 Å². The number of hydrogen-bond donors (Lipinski definition) is 1. The van der Waals surface area contributed by atoms with Crippen LogP contribution in [0.1, 0.15) is 43.1 Å². The largest absolute Gasteiger partial charge is 0.464 e. The van der Waals surface area contributed by atoms with Crippen molar-refractivity contribution in [1.82, 2.24) is 4.98 Å². The zero-order valence-corrected chi connectivity index (χ0v) is 10.4. The summed E-state index contributed by atoms with van der Waals surface area (Å²) >= 11 is 1.46. The highest BCUT2D eigenvalue weighted by atomic mass is 32.1. The highest BCUT2D eigenvalue weighted by Crippen LogP contribution is 2.38. The predicted octanol–water partition coefficient (Wildman–Crippen LogP) is 2.67. The molecule has 1 N–H and O–H groups in total. The Balaban J connectivity index is 2.05. The zero-order valence-electron chi connectivity index (χ0n) is 9.58. The van der Waals surface area contributed by atoms with E-state index >= 15 is 0 Å². The third-order valence-electron chi connectivity index (χ3n) is 3.26. The van der Waals surface area contributed by atoms with Gasteiger partial charge in [-0.3, -0.25) is 0 Å². The maximum Gasteiger partial charge on any atom is 0.357 e. The number of carbonyl (C=O) groups is 1. The van der Waals surface area contributed by atoms with E-state index in [0.29, 0.717) is 5.69 Å². The highest BCUT2D eigenvalue weighted by molar-refractivity contribution is 7.13. The summed E-state index contributed by atoms with van der Waals surface area (Å²) in [6.45, 7) is 2.18. The van der Waals surface area contributed by atoms with Gasteiger partial charge in [-0.15, -0.1) is 11.3 Å². The van der Waals surface area contributed by atoms with Crippen molar-refractivity contribution in [2.75, 3.05) is 12.4 Å². The molecule has 1 fully saturated rings. The molecule has 0 radical (unpaired) electrons. The predicted molar refractivity (Wildman–Crippen MR) is 63.9 cm³/mol. The minimum Gasteiger partial charge on any atom is -0.464 e. The first-order valence-corrected chi connectivity index (χ1v) is 6.39. The van der Waals surface area contributed by atoms with Crippen LogP contribution in [0.25, 0.3) is 0 Å². The van der Waals surface area contributed by atoms with Gasteiger partial charge in [0.15, 0.2) is 10.8 Å². The lowest BCUT2D eigenvalue weighted by atomic mass is 9.75. The monoisotopic (exact) mass is 240 g/mol. The lowest BCUT2D eigenvalue weighted by Gasteiger charge is -2.41. The van der Waals surface area contributed by atoms with Crippen LogP contribution < -0.4 is 5.32 Å². The highest BCUT2D eigenvalue weighted by Gasteiger charge is 2.35. The first-order chi connectivity index (χ1) is 7.69. The number of anilines is 1. The van der Waals surface area contributed by atoms with Gasteiger partial charge in [-0.2, -0.15) is 0 Å². The Hall–Kier alpha value is -1.10. The number of methoxy groups -OCH3 is 1. The van der Waals surface area contributed by atoms with Crippen LogP contribution in [0, 0.1) is 0 Å². The molecule has 0 aliphatic heterocycles. The van der Waals surface area contributed by atoms with Gasteiger partial charge in [0.05, 0.1) is 7.11 Å². The summed E-state index contributed by atoms with van der Waals surface area (Å²) < 4.78 is 4.62. The Kier molecular flexibility index (Phi) is 3.14. The average Bonchev–Trinajstić information content (AvgIpc) is 2.70. The second kappa shape index (κ2) is 4.41. The average molecular weight is 240 g/mol. The van der Waals surface area contributed by atoms with E-state index < -0.39 is 0 Å². The van der Waals surface area contributed by atoms with Crippen LogP contribution in [0.4, 0.5) is 5.13 Å². The molecule has 1 aliphatic rings. The molecule has 1 heterocycles. The Labute approximate surface area is 99.0 Å². The minimum absolute atomic E-state index is 0.214. The first-order valence-electron chi connectivity index (χ1n) is 5.51. The van der Waals surface area contributed by atoms with Crippen LogP contribution in [0.15, 0.2) is 5.38 Å². The summed E-state index contributed by atoms with van der Waals surface area (Å²) in [6, 6.07) is 0. The smallest absolute Gasteiger partial charge is 0.357 e. The fourth-order valence-electron chi connectivity index (χ4n) is 1.93. The lowest BCUT2D eigenvalue weighted by Crippen LogP contribution is -2.44. The van der Waals surface area contributed by atoms with Crippen molar-refractivity contribution < 1.29 is 9.53 Å². The number of rotatable bonds is 4. The number of nitrogens with zero attached hydrogens (tertiary/aromatic N) is 1. The summed E-state index contributed by atoms with van der Waals surface area (Å²) in [4.78, 5) is 15.5. The number of hydrogen-bond acceptors (Lipinski definition) is 5. The molecule has 0 bridgehead atoms. The van der Waals surface area contributed by atoms with Gasteiger partial charge in [-0.25, -0.2) is 9.78 Å². The van der Waals surface area contributed by atoms with Crippen molar-refractivity contribution in [3.05, 3.63) is 11.1 Å². The quantitative estimate of drug-likeness (QED) is 0.822. The number of aromatic nitrogens is 1. The molecule has 2 rings (SSSR count). The molecule has 5 heteroatoms. The first kappa shape index (κ1) is 11.4. The molecule has 1 saturated carbocycles. The molecule has 0 atom stereocenters. The summed E-state index contributed by atoms with van der Waals surface area (Å²) in [5.41, 5.74) is 0.603. The van der Waals surface area contributed by atoms with Crippen LogP contribution in [0.5, 0.6) is 0 Å². The van der Waals surface area contributed by atoms with E-state index in [2.05, 4.69) is 22.0 Å². The summed E-state index contributed by atoms with van der Waals surface area (Å²) in [6.07, 6.45) is 4.75. The number of thiazole rings is 1. The van der Waals surface area contributed by atoms with E-state index in [1.165, 1.54) is 37.7 Å². The molecule has 0 unspecified atom stereocenters.